The van der Waals surface area contributed by atoms with Gasteiger partial charge < -0.3 is 14.4 Å². The Morgan fingerprint density at radius 3 is 2.50 bits per heavy atom. The van der Waals surface area contributed by atoms with Crippen molar-refractivity contribution in [3.05, 3.63) is 11.6 Å². The summed E-state index contributed by atoms with van der Waals surface area (Å²) in [7, 11) is -2.88. The molecule has 1 atom stereocenters. The van der Waals surface area contributed by atoms with E-state index >= 15 is 0 Å². The van der Waals surface area contributed by atoms with Gasteiger partial charge in [-0.1, -0.05) is 19.9 Å². The zero-order chi connectivity index (χ0) is 18.4. The molecule has 0 fully saturated rings. The van der Waals surface area contributed by atoms with Crippen molar-refractivity contribution in [2.45, 2.75) is 40.5 Å². The van der Waals surface area contributed by atoms with Crippen LogP contribution in [0.25, 0.3) is 0 Å². The molecular weight excluding hydrogens is 347 g/mol. The standard InChI is InChI=1S/C17H33O5PS/c1-5-21-17(19)16(9-7-8-11-24-12-10-18)14-23(20,22-6-2)13-15(3)4/h9,15,18H,5-8,10-14H2,1-4H3/b16-9+. The summed E-state index contributed by atoms with van der Waals surface area (Å²) in [5.41, 5.74) is 0.460. The largest absolute Gasteiger partial charge is 0.463 e. The Morgan fingerprint density at radius 1 is 1.25 bits per heavy atom. The third-order valence-corrected chi connectivity index (χ3v) is 6.96. The maximum absolute atomic E-state index is 13.0. The predicted molar refractivity (Wildman–Crippen MR) is 102 cm³/mol. The fraction of sp³-hybridized carbons (Fsp3) is 0.824. The summed E-state index contributed by atoms with van der Waals surface area (Å²) in [6, 6.07) is 0. The van der Waals surface area contributed by atoms with Crippen molar-refractivity contribution in [2.75, 3.05) is 43.7 Å². The normalized spacial score (nSPS) is 14.7. The van der Waals surface area contributed by atoms with Crippen molar-refractivity contribution in [3.63, 3.8) is 0 Å². The second-order valence-electron chi connectivity index (χ2n) is 5.89. The van der Waals surface area contributed by atoms with Crippen molar-refractivity contribution in [1.82, 2.24) is 0 Å². The number of unbranched alkanes of at least 4 members (excludes halogenated alkanes) is 1. The number of esters is 1. The van der Waals surface area contributed by atoms with Crippen LogP contribution in [0.3, 0.4) is 0 Å². The fourth-order valence-electron chi connectivity index (χ4n) is 2.28. The number of hydrogen-bond acceptors (Lipinski definition) is 6. The van der Waals surface area contributed by atoms with Crippen molar-refractivity contribution in [3.8, 4) is 0 Å². The van der Waals surface area contributed by atoms with Gasteiger partial charge in [-0.05, 0) is 38.4 Å². The van der Waals surface area contributed by atoms with Gasteiger partial charge in [-0.3, -0.25) is 4.57 Å². The molecule has 24 heavy (non-hydrogen) atoms. The van der Waals surface area contributed by atoms with Gasteiger partial charge in [0.2, 0.25) is 7.37 Å². The summed E-state index contributed by atoms with van der Waals surface area (Å²) >= 11 is 1.68. The molecule has 1 unspecified atom stereocenters. The van der Waals surface area contributed by atoms with E-state index in [0.717, 1.165) is 24.3 Å². The highest BCUT2D eigenvalue weighted by Crippen LogP contribution is 2.50. The Hall–Kier alpha value is -0.290. The van der Waals surface area contributed by atoms with Crippen molar-refractivity contribution < 1.29 is 23.7 Å². The molecule has 0 aliphatic rings. The molecule has 0 rings (SSSR count). The fourth-order valence-corrected chi connectivity index (χ4v) is 5.67. The van der Waals surface area contributed by atoms with Gasteiger partial charge in [0.15, 0.2) is 0 Å². The van der Waals surface area contributed by atoms with E-state index in [2.05, 4.69) is 0 Å². The Labute approximate surface area is 151 Å². The van der Waals surface area contributed by atoms with E-state index in [1.54, 1.807) is 18.7 Å². The molecule has 0 bridgehead atoms. The first-order chi connectivity index (χ1) is 11.4. The van der Waals surface area contributed by atoms with E-state index in [-0.39, 0.29) is 18.7 Å². The maximum atomic E-state index is 13.0. The highest BCUT2D eigenvalue weighted by molar-refractivity contribution is 7.99. The summed E-state index contributed by atoms with van der Waals surface area (Å²) in [4.78, 5) is 12.2. The lowest BCUT2D eigenvalue weighted by atomic mass is 10.2. The number of aliphatic hydroxyl groups excluding tert-OH is 1. The van der Waals surface area contributed by atoms with Gasteiger partial charge in [0, 0.05) is 17.5 Å². The average molecular weight is 380 g/mol. The van der Waals surface area contributed by atoms with Crippen LogP contribution in [0.15, 0.2) is 11.6 Å². The number of carbonyl (C=O) groups excluding carboxylic acids is 1. The molecule has 0 spiro atoms. The first kappa shape index (κ1) is 23.7. The molecule has 0 aromatic rings. The highest BCUT2D eigenvalue weighted by atomic mass is 32.2. The van der Waals surface area contributed by atoms with Gasteiger partial charge >= 0.3 is 5.97 Å². The number of aliphatic hydroxyl groups is 1. The zero-order valence-electron chi connectivity index (χ0n) is 15.5. The molecule has 0 aliphatic carbocycles. The lowest BCUT2D eigenvalue weighted by molar-refractivity contribution is -0.138. The molecule has 142 valence electrons. The Morgan fingerprint density at radius 2 is 1.96 bits per heavy atom. The van der Waals surface area contributed by atoms with Crippen LogP contribution in [0.5, 0.6) is 0 Å². The minimum atomic E-state index is -2.88. The van der Waals surface area contributed by atoms with Gasteiger partial charge in [0.1, 0.15) is 0 Å². The van der Waals surface area contributed by atoms with Crippen LogP contribution in [0.2, 0.25) is 0 Å². The van der Waals surface area contributed by atoms with Gasteiger partial charge in [-0.2, -0.15) is 11.8 Å². The van der Waals surface area contributed by atoms with E-state index in [0.29, 0.717) is 24.9 Å². The van der Waals surface area contributed by atoms with E-state index in [1.807, 2.05) is 26.8 Å². The minimum absolute atomic E-state index is 0.141. The van der Waals surface area contributed by atoms with Gasteiger partial charge in [-0.25, -0.2) is 4.79 Å². The Bertz CT molecular complexity index is 423. The zero-order valence-corrected chi connectivity index (χ0v) is 17.2. The Balaban J connectivity index is 4.90. The van der Waals surface area contributed by atoms with E-state index in [4.69, 9.17) is 14.4 Å². The molecule has 1 N–H and O–H groups in total. The lowest BCUT2D eigenvalue weighted by Crippen LogP contribution is -2.14. The third kappa shape index (κ3) is 11.3. The summed E-state index contributed by atoms with van der Waals surface area (Å²) in [6.45, 7) is 8.43. The molecule has 0 radical (unpaired) electrons. The average Bonchev–Trinajstić information content (AvgIpc) is 2.49. The number of carbonyl (C=O) groups is 1. The van der Waals surface area contributed by atoms with Gasteiger partial charge in [-0.15, -0.1) is 0 Å². The van der Waals surface area contributed by atoms with Crippen molar-refractivity contribution >= 4 is 25.1 Å². The lowest BCUT2D eigenvalue weighted by Gasteiger charge is -2.20. The summed E-state index contributed by atoms with van der Waals surface area (Å²) in [5, 5.41) is 8.75. The monoisotopic (exact) mass is 380 g/mol. The third-order valence-electron chi connectivity index (χ3n) is 3.08. The van der Waals surface area contributed by atoms with Gasteiger partial charge in [0.25, 0.3) is 0 Å². The van der Waals surface area contributed by atoms with Gasteiger partial charge in [0.05, 0.1) is 26.0 Å². The quantitative estimate of drug-likeness (QED) is 0.213. The van der Waals surface area contributed by atoms with Crippen LogP contribution in [-0.2, 0) is 18.6 Å². The molecule has 0 aliphatic heterocycles. The second-order valence-corrected chi connectivity index (χ2v) is 9.69. The van der Waals surface area contributed by atoms with E-state index in [1.165, 1.54) is 0 Å². The van der Waals surface area contributed by atoms with Crippen LogP contribution in [0, 0.1) is 5.92 Å². The molecule has 0 aromatic heterocycles. The van der Waals surface area contributed by atoms with Crippen LogP contribution in [0.4, 0.5) is 0 Å². The highest BCUT2D eigenvalue weighted by Gasteiger charge is 2.28. The molecule has 0 aromatic carbocycles. The van der Waals surface area contributed by atoms with Crippen LogP contribution >= 0.6 is 19.1 Å². The number of thioether (sulfide) groups is 1. The van der Waals surface area contributed by atoms with E-state index in [9.17, 15) is 9.36 Å². The predicted octanol–water partition coefficient (Wildman–Crippen LogP) is 3.95. The molecule has 5 nitrogen and oxygen atoms in total. The maximum Gasteiger partial charge on any atom is 0.334 e. The Kier molecular flexibility index (Phi) is 13.8. The van der Waals surface area contributed by atoms with Crippen molar-refractivity contribution in [2.24, 2.45) is 5.92 Å². The summed E-state index contributed by atoms with van der Waals surface area (Å²) in [5.74, 6) is 1.48. The number of allylic oxidation sites excluding steroid dienone is 1. The molecule has 0 saturated heterocycles. The molecule has 7 heteroatoms. The SMILES string of the molecule is CCOC(=O)/C(=C/CCCSCCO)CP(=O)(CC(C)C)OCC. The summed E-state index contributed by atoms with van der Waals surface area (Å²) < 4.78 is 23.7. The molecule has 0 saturated carbocycles. The molecule has 0 heterocycles. The number of ether oxygens (including phenoxy) is 1. The number of rotatable bonds is 14. The van der Waals surface area contributed by atoms with Crippen LogP contribution in [0.1, 0.15) is 40.5 Å². The molecular formula is C17H33O5PS. The second kappa shape index (κ2) is 13.9. The van der Waals surface area contributed by atoms with Crippen LogP contribution in [-0.4, -0.2) is 54.7 Å². The van der Waals surface area contributed by atoms with Crippen LogP contribution < -0.4 is 0 Å². The topological polar surface area (TPSA) is 72.8 Å². The van der Waals surface area contributed by atoms with Crippen molar-refractivity contribution in [1.29, 1.82) is 0 Å². The molecule has 0 amide bonds. The van der Waals surface area contributed by atoms with E-state index < -0.39 is 13.3 Å². The smallest absolute Gasteiger partial charge is 0.334 e. The first-order valence-electron chi connectivity index (χ1n) is 8.65. The first-order valence-corrected chi connectivity index (χ1v) is 11.8. The number of hydrogen-bond donors (Lipinski definition) is 1. The minimum Gasteiger partial charge on any atom is -0.463 e. The summed E-state index contributed by atoms with van der Waals surface area (Å²) in [6.07, 6.45) is 4.06.